The lowest BCUT2D eigenvalue weighted by Crippen LogP contribution is -2.23. The molecule has 84 valence electrons. The summed E-state index contributed by atoms with van der Waals surface area (Å²) in [5.74, 6) is -0.813. The highest BCUT2D eigenvalue weighted by atomic mass is 16.2. The number of fused-ring (bicyclic) bond motifs is 1. The number of nitriles is 1. The van der Waals surface area contributed by atoms with Gasteiger partial charge in [-0.15, -0.1) is 0 Å². The Morgan fingerprint density at radius 2 is 2.00 bits per heavy atom. The highest BCUT2D eigenvalue weighted by Gasteiger charge is 2.27. The van der Waals surface area contributed by atoms with E-state index in [1.54, 1.807) is 24.3 Å². The minimum absolute atomic E-state index is 0.0919. The van der Waals surface area contributed by atoms with E-state index in [1.807, 2.05) is 6.07 Å². The standard InChI is InChI=1S/C12H9N3O2/c1-14-11(16)9(6-13)10-7-4-2-3-5-8(7)12(17)15-10/h2-5H,1H3,(H,14,16)(H,15,17). The van der Waals surface area contributed by atoms with Crippen molar-refractivity contribution in [3.63, 3.8) is 0 Å². The molecule has 17 heavy (non-hydrogen) atoms. The second kappa shape index (κ2) is 4.10. The van der Waals surface area contributed by atoms with E-state index in [9.17, 15) is 9.59 Å². The van der Waals surface area contributed by atoms with Gasteiger partial charge in [0, 0.05) is 18.2 Å². The van der Waals surface area contributed by atoms with Crippen molar-refractivity contribution in [3.8, 4) is 6.07 Å². The third-order valence-corrected chi connectivity index (χ3v) is 2.50. The van der Waals surface area contributed by atoms with Crippen LogP contribution < -0.4 is 10.6 Å². The van der Waals surface area contributed by atoms with Crippen molar-refractivity contribution in [2.24, 2.45) is 0 Å². The van der Waals surface area contributed by atoms with Gasteiger partial charge in [0.25, 0.3) is 11.8 Å². The number of carbonyl (C=O) groups excluding carboxylic acids is 2. The second-order valence-corrected chi connectivity index (χ2v) is 3.44. The Morgan fingerprint density at radius 1 is 1.35 bits per heavy atom. The number of nitrogens with zero attached hydrogens (tertiary/aromatic N) is 1. The van der Waals surface area contributed by atoms with Gasteiger partial charge >= 0.3 is 0 Å². The maximum atomic E-state index is 11.6. The Bertz CT molecular complexity index is 582. The first kappa shape index (κ1) is 10.9. The lowest BCUT2D eigenvalue weighted by atomic mass is 10.0. The number of hydrogen-bond acceptors (Lipinski definition) is 3. The molecule has 0 saturated carbocycles. The van der Waals surface area contributed by atoms with Gasteiger partial charge in [-0.3, -0.25) is 9.59 Å². The molecule has 0 saturated heterocycles. The topological polar surface area (TPSA) is 82.0 Å². The Labute approximate surface area is 97.7 Å². The Kier molecular flexibility index (Phi) is 2.63. The molecule has 0 spiro atoms. The molecule has 0 aromatic heterocycles. The molecule has 0 unspecified atom stereocenters. The van der Waals surface area contributed by atoms with E-state index in [2.05, 4.69) is 10.6 Å². The first-order chi connectivity index (χ1) is 8.19. The first-order valence-corrected chi connectivity index (χ1v) is 4.96. The predicted octanol–water partition coefficient (Wildman–Crippen LogP) is 0.411. The number of rotatable bonds is 1. The number of nitrogens with one attached hydrogen (secondary N) is 2. The first-order valence-electron chi connectivity index (χ1n) is 4.96. The average Bonchev–Trinajstić information content (AvgIpc) is 2.68. The van der Waals surface area contributed by atoms with E-state index in [1.165, 1.54) is 7.05 Å². The number of amides is 2. The van der Waals surface area contributed by atoms with Crippen molar-refractivity contribution in [2.45, 2.75) is 0 Å². The van der Waals surface area contributed by atoms with Crippen molar-refractivity contribution < 1.29 is 9.59 Å². The van der Waals surface area contributed by atoms with Crippen LogP contribution in [0.2, 0.25) is 0 Å². The van der Waals surface area contributed by atoms with Crippen LogP contribution in [0.4, 0.5) is 0 Å². The van der Waals surface area contributed by atoms with Gasteiger partial charge in [-0.05, 0) is 6.07 Å². The van der Waals surface area contributed by atoms with Crippen LogP contribution in [-0.4, -0.2) is 18.9 Å². The van der Waals surface area contributed by atoms with Crippen LogP contribution in [0.15, 0.2) is 29.8 Å². The molecule has 0 fully saturated rings. The van der Waals surface area contributed by atoms with Crippen LogP contribution in [0, 0.1) is 11.3 Å². The number of likely N-dealkylation sites (N-methyl/N-ethyl adjacent to an activating group) is 1. The van der Waals surface area contributed by atoms with Crippen LogP contribution in [0.1, 0.15) is 15.9 Å². The van der Waals surface area contributed by atoms with E-state index in [4.69, 9.17) is 5.26 Å². The maximum Gasteiger partial charge on any atom is 0.263 e. The van der Waals surface area contributed by atoms with E-state index in [0.717, 1.165) is 0 Å². The van der Waals surface area contributed by atoms with Crippen molar-refractivity contribution in [2.75, 3.05) is 7.05 Å². The molecular formula is C12H9N3O2. The van der Waals surface area contributed by atoms with Crippen molar-refractivity contribution in [1.82, 2.24) is 10.6 Å². The Balaban J connectivity index is 2.64. The summed E-state index contributed by atoms with van der Waals surface area (Å²) in [5, 5.41) is 13.9. The summed E-state index contributed by atoms with van der Waals surface area (Å²) >= 11 is 0. The quantitative estimate of drug-likeness (QED) is 0.538. The van der Waals surface area contributed by atoms with Gasteiger partial charge in [-0.2, -0.15) is 5.26 Å². The molecule has 0 atom stereocenters. The molecule has 1 heterocycles. The molecule has 0 aliphatic carbocycles. The van der Waals surface area contributed by atoms with Gasteiger partial charge in [0.1, 0.15) is 11.6 Å². The zero-order chi connectivity index (χ0) is 12.4. The van der Waals surface area contributed by atoms with Gasteiger partial charge in [0.2, 0.25) is 0 Å². The molecule has 5 heteroatoms. The fraction of sp³-hybridized carbons (Fsp3) is 0.0833. The minimum Gasteiger partial charge on any atom is -0.354 e. The molecule has 1 aromatic rings. The van der Waals surface area contributed by atoms with E-state index >= 15 is 0 Å². The monoisotopic (exact) mass is 227 g/mol. The summed E-state index contributed by atoms with van der Waals surface area (Å²) in [5.41, 5.74) is 1.23. The maximum absolute atomic E-state index is 11.6. The second-order valence-electron chi connectivity index (χ2n) is 3.44. The molecule has 2 amide bonds. The Morgan fingerprint density at radius 3 is 2.59 bits per heavy atom. The number of carbonyl (C=O) groups is 2. The SMILES string of the molecule is CNC(=O)C(C#N)=C1NC(=O)c2ccccc21. The van der Waals surface area contributed by atoms with Crippen LogP contribution in [0.5, 0.6) is 0 Å². The normalized spacial score (nSPS) is 15.6. The van der Waals surface area contributed by atoms with Gasteiger partial charge in [-0.1, -0.05) is 18.2 Å². The van der Waals surface area contributed by atoms with Crippen LogP contribution in [-0.2, 0) is 4.79 Å². The zero-order valence-corrected chi connectivity index (χ0v) is 9.07. The third-order valence-electron chi connectivity index (χ3n) is 2.50. The van der Waals surface area contributed by atoms with Gasteiger partial charge in [0.05, 0.1) is 5.70 Å². The van der Waals surface area contributed by atoms with Crippen LogP contribution in [0.3, 0.4) is 0 Å². The highest BCUT2D eigenvalue weighted by molar-refractivity contribution is 6.15. The molecule has 0 bridgehead atoms. The summed E-state index contributed by atoms with van der Waals surface area (Å²) in [6, 6.07) is 8.63. The molecule has 1 aromatic carbocycles. The van der Waals surface area contributed by atoms with Crippen molar-refractivity contribution in [3.05, 3.63) is 41.0 Å². The van der Waals surface area contributed by atoms with E-state index in [-0.39, 0.29) is 17.2 Å². The predicted molar refractivity (Wildman–Crippen MR) is 60.5 cm³/mol. The minimum atomic E-state index is -0.514. The van der Waals surface area contributed by atoms with E-state index < -0.39 is 5.91 Å². The molecular weight excluding hydrogens is 218 g/mol. The van der Waals surface area contributed by atoms with Crippen molar-refractivity contribution in [1.29, 1.82) is 5.26 Å². The third kappa shape index (κ3) is 1.66. The molecule has 1 aliphatic rings. The number of benzene rings is 1. The smallest absolute Gasteiger partial charge is 0.263 e. The molecule has 2 N–H and O–H groups in total. The number of hydrogen-bond donors (Lipinski definition) is 2. The fourth-order valence-electron chi connectivity index (χ4n) is 1.69. The summed E-state index contributed by atoms with van der Waals surface area (Å²) in [6.45, 7) is 0. The lowest BCUT2D eigenvalue weighted by Gasteiger charge is -2.03. The van der Waals surface area contributed by atoms with Gasteiger partial charge in [-0.25, -0.2) is 0 Å². The van der Waals surface area contributed by atoms with Crippen LogP contribution in [0.25, 0.3) is 5.70 Å². The largest absolute Gasteiger partial charge is 0.354 e. The molecule has 0 radical (unpaired) electrons. The zero-order valence-electron chi connectivity index (χ0n) is 9.07. The van der Waals surface area contributed by atoms with Gasteiger partial charge in [0.15, 0.2) is 0 Å². The highest BCUT2D eigenvalue weighted by Crippen LogP contribution is 2.26. The summed E-state index contributed by atoms with van der Waals surface area (Å²) in [6.07, 6.45) is 0. The van der Waals surface area contributed by atoms with Crippen LogP contribution >= 0.6 is 0 Å². The molecule has 2 rings (SSSR count). The Hall–Kier alpha value is -2.61. The average molecular weight is 227 g/mol. The van der Waals surface area contributed by atoms with Gasteiger partial charge < -0.3 is 10.6 Å². The summed E-state index contributed by atoms with van der Waals surface area (Å²) in [7, 11) is 1.43. The summed E-state index contributed by atoms with van der Waals surface area (Å²) < 4.78 is 0. The molecule has 5 nitrogen and oxygen atoms in total. The molecule has 1 aliphatic heterocycles. The fourth-order valence-corrected chi connectivity index (χ4v) is 1.69. The van der Waals surface area contributed by atoms with E-state index in [0.29, 0.717) is 11.1 Å². The summed E-state index contributed by atoms with van der Waals surface area (Å²) in [4.78, 5) is 23.1. The lowest BCUT2D eigenvalue weighted by molar-refractivity contribution is -0.116. The van der Waals surface area contributed by atoms with Crippen molar-refractivity contribution >= 4 is 17.5 Å².